The summed E-state index contributed by atoms with van der Waals surface area (Å²) in [6.45, 7) is 7.97. The van der Waals surface area contributed by atoms with Gasteiger partial charge in [-0.05, 0) is 39.8 Å². The highest BCUT2D eigenvalue weighted by molar-refractivity contribution is 6.22. The second-order valence-electron chi connectivity index (χ2n) is 5.44. The number of rotatable bonds is 1. The quantitative estimate of drug-likeness (QED) is 0.764. The Bertz CT molecular complexity index is 527. The van der Waals surface area contributed by atoms with Crippen molar-refractivity contribution in [1.29, 1.82) is 0 Å². The SMILES string of the molecule is CON1C(=O)c2ccc(C)cc2C1=NC(C)(C)C. The lowest BCUT2D eigenvalue weighted by Gasteiger charge is -2.19. The fourth-order valence-corrected chi connectivity index (χ4v) is 1.94. The first-order chi connectivity index (χ1) is 8.33. The van der Waals surface area contributed by atoms with Crippen LogP contribution in [0.5, 0.6) is 0 Å². The van der Waals surface area contributed by atoms with Crippen LogP contribution in [-0.2, 0) is 4.84 Å². The monoisotopic (exact) mass is 246 g/mol. The molecule has 0 bridgehead atoms. The van der Waals surface area contributed by atoms with Gasteiger partial charge in [0.2, 0.25) is 0 Å². The number of hydroxylamine groups is 2. The molecular weight excluding hydrogens is 228 g/mol. The van der Waals surface area contributed by atoms with Crippen molar-refractivity contribution >= 4 is 11.7 Å². The standard InChI is InChI=1S/C14H18N2O2/c1-9-6-7-10-11(8-9)12(15-14(2,3)4)16(18-5)13(10)17/h6-8H,1-5H3. The van der Waals surface area contributed by atoms with Gasteiger partial charge in [0.25, 0.3) is 5.91 Å². The van der Waals surface area contributed by atoms with Crippen molar-refractivity contribution in [1.82, 2.24) is 5.06 Å². The van der Waals surface area contributed by atoms with Gasteiger partial charge in [-0.25, -0.2) is 0 Å². The van der Waals surface area contributed by atoms with Gasteiger partial charge in [-0.3, -0.25) is 14.6 Å². The molecule has 2 rings (SSSR count). The number of amidine groups is 1. The van der Waals surface area contributed by atoms with E-state index in [9.17, 15) is 4.79 Å². The highest BCUT2D eigenvalue weighted by Crippen LogP contribution is 2.26. The van der Waals surface area contributed by atoms with Crippen molar-refractivity contribution in [2.24, 2.45) is 4.99 Å². The van der Waals surface area contributed by atoms with E-state index in [1.165, 1.54) is 12.2 Å². The molecule has 0 unspecified atom stereocenters. The Morgan fingerprint density at radius 2 is 1.89 bits per heavy atom. The number of hydrogen-bond acceptors (Lipinski definition) is 3. The van der Waals surface area contributed by atoms with E-state index in [0.29, 0.717) is 11.4 Å². The summed E-state index contributed by atoms with van der Waals surface area (Å²) in [5, 5.41) is 1.26. The molecule has 0 fully saturated rings. The van der Waals surface area contributed by atoms with Gasteiger partial charge in [-0.1, -0.05) is 11.6 Å². The summed E-state index contributed by atoms with van der Waals surface area (Å²) in [5.41, 5.74) is 2.32. The molecule has 0 aromatic heterocycles. The summed E-state index contributed by atoms with van der Waals surface area (Å²) in [7, 11) is 1.48. The minimum Gasteiger partial charge on any atom is -0.268 e. The van der Waals surface area contributed by atoms with E-state index >= 15 is 0 Å². The maximum atomic E-state index is 12.2. The van der Waals surface area contributed by atoms with Crippen LogP contribution in [0.15, 0.2) is 23.2 Å². The Morgan fingerprint density at radius 1 is 1.22 bits per heavy atom. The molecule has 0 saturated heterocycles. The Kier molecular flexibility index (Phi) is 2.99. The zero-order valence-electron chi connectivity index (χ0n) is 11.4. The molecule has 18 heavy (non-hydrogen) atoms. The Labute approximate surface area is 107 Å². The molecule has 0 atom stereocenters. The van der Waals surface area contributed by atoms with E-state index in [4.69, 9.17) is 4.84 Å². The molecular formula is C14H18N2O2. The fraction of sp³-hybridized carbons (Fsp3) is 0.429. The molecule has 0 saturated carbocycles. The number of aliphatic imine (C=N–C) groups is 1. The van der Waals surface area contributed by atoms with E-state index < -0.39 is 0 Å². The first-order valence-corrected chi connectivity index (χ1v) is 5.93. The van der Waals surface area contributed by atoms with E-state index in [1.807, 2.05) is 45.9 Å². The van der Waals surface area contributed by atoms with Gasteiger partial charge in [0.05, 0.1) is 18.2 Å². The molecule has 1 aromatic carbocycles. The number of carbonyl (C=O) groups is 1. The number of benzene rings is 1. The average molecular weight is 246 g/mol. The normalized spacial score (nSPS) is 17.5. The Hall–Kier alpha value is -1.68. The van der Waals surface area contributed by atoms with Crippen LogP contribution in [0.1, 0.15) is 42.3 Å². The van der Waals surface area contributed by atoms with Crippen molar-refractivity contribution < 1.29 is 9.63 Å². The number of amides is 1. The summed E-state index contributed by atoms with van der Waals surface area (Å²) in [4.78, 5) is 21.9. The highest BCUT2D eigenvalue weighted by Gasteiger charge is 2.35. The second kappa shape index (κ2) is 4.21. The summed E-state index contributed by atoms with van der Waals surface area (Å²) in [5.74, 6) is 0.434. The predicted molar refractivity (Wildman–Crippen MR) is 70.6 cm³/mol. The number of fused-ring (bicyclic) bond motifs is 1. The first-order valence-electron chi connectivity index (χ1n) is 5.93. The molecule has 0 N–H and O–H groups in total. The Morgan fingerprint density at radius 3 is 2.44 bits per heavy atom. The lowest BCUT2D eigenvalue weighted by molar-refractivity contribution is -0.0375. The Balaban J connectivity index is 2.62. The summed E-state index contributed by atoms with van der Waals surface area (Å²) < 4.78 is 0. The minimum atomic E-state index is -0.266. The molecule has 1 amide bonds. The molecule has 1 aliphatic rings. The zero-order valence-corrected chi connectivity index (χ0v) is 11.4. The fourth-order valence-electron chi connectivity index (χ4n) is 1.94. The summed E-state index contributed by atoms with van der Waals surface area (Å²) in [6, 6.07) is 5.71. The van der Waals surface area contributed by atoms with Gasteiger partial charge in [-0.15, -0.1) is 0 Å². The van der Waals surface area contributed by atoms with Crippen molar-refractivity contribution in [2.45, 2.75) is 33.2 Å². The topological polar surface area (TPSA) is 41.9 Å². The first kappa shape index (κ1) is 12.8. The van der Waals surface area contributed by atoms with Crippen LogP contribution in [0.3, 0.4) is 0 Å². The molecule has 4 heteroatoms. The van der Waals surface area contributed by atoms with Gasteiger partial charge < -0.3 is 0 Å². The molecule has 0 spiro atoms. The molecule has 96 valence electrons. The van der Waals surface area contributed by atoms with Gasteiger partial charge in [0.15, 0.2) is 5.84 Å². The van der Waals surface area contributed by atoms with E-state index in [0.717, 1.165) is 11.1 Å². The van der Waals surface area contributed by atoms with Crippen molar-refractivity contribution in [3.05, 3.63) is 34.9 Å². The van der Waals surface area contributed by atoms with Gasteiger partial charge >= 0.3 is 0 Å². The maximum absolute atomic E-state index is 12.2. The largest absolute Gasteiger partial charge is 0.284 e. The molecule has 1 heterocycles. The van der Waals surface area contributed by atoms with E-state index in [-0.39, 0.29) is 11.4 Å². The van der Waals surface area contributed by atoms with Crippen molar-refractivity contribution in [3.8, 4) is 0 Å². The third-order valence-electron chi connectivity index (χ3n) is 2.65. The maximum Gasteiger partial charge on any atom is 0.284 e. The molecule has 1 aliphatic heterocycles. The van der Waals surface area contributed by atoms with Crippen LogP contribution in [0.2, 0.25) is 0 Å². The van der Waals surface area contributed by atoms with E-state index in [2.05, 4.69) is 4.99 Å². The van der Waals surface area contributed by atoms with Crippen LogP contribution in [-0.4, -0.2) is 29.5 Å². The van der Waals surface area contributed by atoms with Gasteiger partial charge in [0.1, 0.15) is 0 Å². The van der Waals surface area contributed by atoms with Crippen LogP contribution in [0, 0.1) is 6.92 Å². The number of aryl methyl sites for hydroxylation is 1. The number of nitrogens with zero attached hydrogens (tertiary/aromatic N) is 2. The van der Waals surface area contributed by atoms with Crippen LogP contribution in [0.4, 0.5) is 0 Å². The van der Waals surface area contributed by atoms with Crippen molar-refractivity contribution in [2.75, 3.05) is 7.11 Å². The highest BCUT2D eigenvalue weighted by atomic mass is 16.7. The smallest absolute Gasteiger partial charge is 0.268 e. The molecule has 0 radical (unpaired) electrons. The minimum absolute atomic E-state index is 0.157. The van der Waals surface area contributed by atoms with Crippen molar-refractivity contribution in [3.63, 3.8) is 0 Å². The molecule has 1 aromatic rings. The lowest BCUT2D eigenvalue weighted by Crippen LogP contribution is -2.31. The van der Waals surface area contributed by atoms with Gasteiger partial charge in [0, 0.05) is 5.56 Å². The van der Waals surface area contributed by atoms with Gasteiger partial charge in [-0.2, -0.15) is 5.06 Å². The summed E-state index contributed by atoms with van der Waals surface area (Å²) in [6.07, 6.45) is 0. The zero-order chi connectivity index (χ0) is 13.5. The van der Waals surface area contributed by atoms with Crippen LogP contribution >= 0.6 is 0 Å². The number of hydrogen-bond donors (Lipinski definition) is 0. The average Bonchev–Trinajstić information content (AvgIpc) is 2.49. The van der Waals surface area contributed by atoms with Crippen LogP contribution < -0.4 is 0 Å². The number of carbonyl (C=O) groups excluding carboxylic acids is 1. The molecule has 4 nitrogen and oxygen atoms in total. The third kappa shape index (κ3) is 2.16. The van der Waals surface area contributed by atoms with Crippen LogP contribution in [0.25, 0.3) is 0 Å². The summed E-state index contributed by atoms with van der Waals surface area (Å²) >= 11 is 0. The van der Waals surface area contributed by atoms with E-state index in [1.54, 1.807) is 0 Å². The predicted octanol–water partition coefficient (Wildman–Crippen LogP) is 2.56. The lowest BCUT2D eigenvalue weighted by atomic mass is 10.1. The third-order valence-corrected chi connectivity index (χ3v) is 2.65. The second-order valence-corrected chi connectivity index (χ2v) is 5.44. The molecule has 0 aliphatic carbocycles.